The highest BCUT2D eigenvalue weighted by atomic mass is 16.6. The molecule has 5 aliphatic carbocycles. The van der Waals surface area contributed by atoms with Gasteiger partial charge in [0.25, 0.3) is 0 Å². The number of oxime groups is 1. The van der Waals surface area contributed by atoms with Crippen molar-refractivity contribution in [3.05, 3.63) is 11.6 Å². The lowest BCUT2D eigenvalue weighted by atomic mass is 9.33. The topological polar surface area (TPSA) is 58.9 Å². The van der Waals surface area contributed by atoms with Crippen LogP contribution in [-0.2, 0) is 9.63 Å². The van der Waals surface area contributed by atoms with E-state index in [-0.39, 0.29) is 27.1 Å². The predicted octanol–water partition coefficient (Wildman–Crippen LogP) is 7.88. The lowest BCUT2D eigenvalue weighted by Gasteiger charge is -2.71. The number of hydrogen-bond acceptors (Lipinski definition) is 3. The fraction of sp³-hybridized carbons (Fsp3) is 0.871. The molecule has 5 aliphatic rings. The Hall–Kier alpha value is -1.32. The summed E-state index contributed by atoms with van der Waals surface area (Å²) in [5.74, 6) is 1.08. The van der Waals surface area contributed by atoms with Crippen LogP contribution in [0.25, 0.3) is 0 Å². The van der Waals surface area contributed by atoms with E-state index in [1.54, 1.807) is 12.7 Å². The Labute approximate surface area is 213 Å². The highest BCUT2D eigenvalue weighted by Gasteiger charge is 2.68. The van der Waals surface area contributed by atoms with Crippen LogP contribution < -0.4 is 0 Å². The summed E-state index contributed by atoms with van der Waals surface area (Å²) in [6.07, 6.45) is 13.7. The van der Waals surface area contributed by atoms with Gasteiger partial charge < -0.3 is 9.94 Å². The van der Waals surface area contributed by atoms with Gasteiger partial charge in [0.15, 0.2) is 0 Å². The van der Waals surface area contributed by atoms with Crippen LogP contribution in [0.15, 0.2) is 16.8 Å². The van der Waals surface area contributed by atoms with E-state index in [1.807, 2.05) is 6.92 Å². The summed E-state index contributed by atoms with van der Waals surface area (Å²) < 4.78 is 0. The van der Waals surface area contributed by atoms with E-state index in [0.29, 0.717) is 17.8 Å². The second-order valence-corrected chi connectivity index (χ2v) is 15.0. The molecule has 0 unspecified atom stereocenters. The van der Waals surface area contributed by atoms with Crippen molar-refractivity contribution in [2.24, 2.45) is 55.4 Å². The standard InChI is InChI=1S/C31H49NO3/c1-26(2)22-11-14-31(7)23(29(22,5)13-12-24(26)32-35-8)10-9-20-21-19-28(4,25(33)34)16-15-27(21,3)17-18-30(20,31)6/h9,21-23H,10-19H2,1-8H3,(H,33,34)/t21-,22-,23+,27+,28+,29-,30+,31+/m0/s1. The summed E-state index contributed by atoms with van der Waals surface area (Å²) in [6.45, 7) is 17.1. The van der Waals surface area contributed by atoms with Gasteiger partial charge in [-0.25, -0.2) is 0 Å². The molecule has 4 saturated carbocycles. The lowest BCUT2D eigenvalue weighted by molar-refractivity contribution is -0.169. The van der Waals surface area contributed by atoms with E-state index < -0.39 is 11.4 Å². The quantitative estimate of drug-likeness (QED) is 0.321. The SMILES string of the molecule is CON=C1CC[C@]2(C)[C@H]3CC=C4[C@@H]5C[C@](C)(C(=O)O)CC[C@]5(C)CC[C@@]4(C)[C@]3(C)CC[C@H]2C1(C)C. The van der Waals surface area contributed by atoms with Crippen molar-refractivity contribution in [1.29, 1.82) is 0 Å². The van der Waals surface area contributed by atoms with E-state index in [9.17, 15) is 9.90 Å². The number of nitrogens with zero attached hydrogens (tertiary/aromatic N) is 1. The smallest absolute Gasteiger partial charge is 0.309 e. The summed E-state index contributed by atoms with van der Waals surface area (Å²) in [5, 5.41) is 14.6. The molecule has 0 heterocycles. The molecule has 35 heavy (non-hydrogen) atoms. The third kappa shape index (κ3) is 3.16. The second kappa shape index (κ2) is 7.60. The zero-order chi connectivity index (χ0) is 25.7. The lowest BCUT2D eigenvalue weighted by Crippen LogP contribution is -2.64. The molecule has 0 saturated heterocycles. The molecule has 4 heteroatoms. The van der Waals surface area contributed by atoms with Crippen molar-refractivity contribution >= 4 is 11.7 Å². The zero-order valence-corrected chi connectivity index (χ0v) is 23.6. The van der Waals surface area contributed by atoms with Crippen LogP contribution in [0.4, 0.5) is 0 Å². The zero-order valence-electron chi connectivity index (χ0n) is 23.6. The number of rotatable bonds is 2. The molecular formula is C31H49NO3. The fourth-order valence-electron chi connectivity index (χ4n) is 10.6. The fourth-order valence-corrected chi connectivity index (χ4v) is 10.6. The molecular weight excluding hydrogens is 434 g/mol. The molecule has 0 aromatic heterocycles. The summed E-state index contributed by atoms with van der Waals surface area (Å²) in [5.41, 5.74) is 3.31. The van der Waals surface area contributed by atoms with E-state index in [1.165, 1.54) is 37.8 Å². The van der Waals surface area contributed by atoms with E-state index in [2.05, 4.69) is 52.8 Å². The number of allylic oxidation sites excluding steroid dienone is 2. The third-order valence-electron chi connectivity index (χ3n) is 13.3. The van der Waals surface area contributed by atoms with Crippen LogP contribution in [0, 0.1) is 50.2 Å². The minimum atomic E-state index is -0.599. The van der Waals surface area contributed by atoms with Crippen molar-refractivity contribution in [3.63, 3.8) is 0 Å². The first-order valence-electron chi connectivity index (χ1n) is 14.2. The first-order chi connectivity index (χ1) is 16.2. The molecule has 0 aliphatic heterocycles. The number of aliphatic carboxylic acids is 1. The predicted molar refractivity (Wildman–Crippen MR) is 141 cm³/mol. The molecule has 0 bridgehead atoms. The van der Waals surface area contributed by atoms with Gasteiger partial charge in [0.2, 0.25) is 0 Å². The van der Waals surface area contributed by atoms with Gasteiger partial charge in [0.1, 0.15) is 7.11 Å². The van der Waals surface area contributed by atoms with Gasteiger partial charge in [-0.2, -0.15) is 0 Å². The number of carboxylic acid groups (broad SMARTS) is 1. The minimum Gasteiger partial charge on any atom is -0.481 e. The van der Waals surface area contributed by atoms with E-state index in [4.69, 9.17) is 4.84 Å². The second-order valence-electron chi connectivity index (χ2n) is 15.0. The molecule has 0 amide bonds. The van der Waals surface area contributed by atoms with Gasteiger partial charge in [-0.1, -0.05) is 58.3 Å². The molecule has 5 rings (SSSR count). The average Bonchev–Trinajstić information content (AvgIpc) is 2.77. The molecule has 4 fully saturated rings. The number of fused-ring (bicyclic) bond motifs is 7. The highest BCUT2D eigenvalue weighted by Crippen LogP contribution is 2.75. The summed E-state index contributed by atoms with van der Waals surface area (Å²) >= 11 is 0. The molecule has 0 spiro atoms. The van der Waals surface area contributed by atoms with Gasteiger partial charge in [0, 0.05) is 5.41 Å². The van der Waals surface area contributed by atoms with Crippen molar-refractivity contribution in [2.75, 3.05) is 7.11 Å². The van der Waals surface area contributed by atoms with Gasteiger partial charge >= 0.3 is 5.97 Å². The Morgan fingerprint density at radius 3 is 2.31 bits per heavy atom. The van der Waals surface area contributed by atoms with Gasteiger partial charge in [-0.05, 0) is 111 Å². The first kappa shape index (κ1) is 25.3. The van der Waals surface area contributed by atoms with Crippen LogP contribution in [0.1, 0.15) is 113 Å². The Kier molecular flexibility index (Phi) is 5.50. The van der Waals surface area contributed by atoms with Crippen LogP contribution in [0.5, 0.6) is 0 Å². The monoisotopic (exact) mass is 483 g/mol. The Morgan fingerprint density at radius 1 is 0.971 bits per heavy atom. The van der Waals surface area contributed by atoms with Crippen molar-refractivity contribution in [2.45, 2.75) is 113 Å². The molecule has 0 radical (unpaired) electrons. The Morgan fingerprint density at radius 2 is 1.66 bits per heavy atom. The summed E-state index contributed by atoms with van der Waals surface area (Å²) in [6, 6.07) is 0. The Bertz CT molecular complexity index is 982. The highest BCUT2D eigenvalue weighted by molar-refractivity contribution is 5.90. The molecule has 0 aromatic rings. The van der Waals surface area contributed by atoms with Gasteiger partial charge in [-0.15, -0.1) is 0 Å². The Balaban J connectivity index is 1.56. The van der Waals surface area contributed by atoms with Crippen LogP contribution in [0.3, 0.4) is 0 Å². The molecule has 4 nitrogen and oxygen atoms in total. The third-order valence-corrected chi connectivity index (χ3v) is 13.3. The normalized spacial score (nSPS) is 51.8. The molecule has 0 aromatic carbocycles. The average molecular weight is 484 g/mol. The molecule has 196 valence electrons. The van der Waals surface area contributed by atoms with Gasteiger partial charge in [-0.3, -0.25) is 4.79 Å². The maximum Gasteiger partial charge on any atom is 0.309 e. The molecule has 8 atom stereocenters. The van der Waals surface area contributed by atoms with Gasteiger partial charge in [0.05, 0.1) is 11.1 Å². The minimum absolute atomic E-state index is 0.0625. The summed E-state index contributed by atoms with van der Waals surface area (Å²) in [4.78, 5) is 17.6. The van der Waals surface area contributed by atoms with E-state index in [0.717, 1.165) is 32.1 Å². The van der Waals surface area contributed by atoms with E-state index >= 15 is 0 Å². The maximum atomic E-state index is 12.3. The largest absolute Gasteiger partial charge is 0.481 e. The number of carboxylic acids is 1. The van der Waals surface area contributed by atoms with Crippen LogP contribution in [-0.4, -0.2) is 23.9 Å². The maximum absolute atomic E-state index is 12.3. The number of hydrogen-bond donors (Lipinski definition) is 1. The first-order valence-corrected chi connectivity index (χ1v) is 14.2. The van der Waals surface area contributed by atoms with Crippen LogP contribution >= 0.6 is 0 Å². The van der Waals surface area contributed by atoms with Crippen molar-refractivity contribution < 1.29 is 14.7 Å². The molecule has 1 N–H and O–H groups in total. The van der Waals surface area contributed by atoms with Crippen molar-refractivity contribution in [1.82, 2.24) is 0 Å². The summed E-state index contributed by atoms with van der Waals surface area (Å²) in [7, 11) is 1.68. The van der Waals surface area contributed by atoms with Crippen LogP contribution in [0.2, 0.25) is 0 Å². The van der Waals surface area contributed by atoms with Crippen molar-refractivity contribution in [3.8, 4) is 0 Å². The number of carbonyl (C=O) groups is 1.